The number of quaternary nitrogens is 1. The molecule has 2 amide bonds. The molecule has 1 aromatic rings. The summed E-state index contributed by atoms with van der Waals surface area (Å²) in [5.41, 5.74) is 0.593. The lowest BCUT2D eigenvalue weighted by Crippen LogP contribution is -3.15. The van der Waals surface area contributed by atoms with Crippen LogP contribution in [0.5, 0.6) is 0 Å². The molecular weight excluding hydrogens is 314 g/mol. The summed E-state index contributed by atoms with van der Waals surface area (Å²) in [6.45, 7) is 2.06. The smallest absolute Gasteiger partial charge is 0.279 e. The van der Waals surface area contributed by atoms with Crippen molar-refractivity contribution in [3.63, 3.8) is 0 Å². The Morgan fingerprint density at radius 2 is 1.96 bits per heavy atom. The molecule has 1 aliphatic rings. The van der Waals surface area contributed by atoms with Crippen LogP contribution in [0.2, 0.25) is 5.02 Å². The molecule has 126 valence electrons. The number of rotatable bonds is 6. The van der Waals surface area contributed by atoms with Crippen LogP contribution in [0.3, 0.4) is 0 Å². The number of anilines is 1. The van der Waals surface area contributed by atoms with E-state index >= 15 is 0 Å². The molecule has 0 spiro atoms. The van der Waals surface area contributed by atoms with Gasteiger partial charge in [0, 0.05) is 6.04 Å². The summed E-state index contributed by atoms with van der Waals surface area (Å²) in [5, 5.41) is 6.37. The molecule has 0 heterocycles. The average molecular weight is 339 g/mol. The Balaban J connectivity index is 1.82. The van der Waals surface area contributed by atoms with Gasteiger partial charge in [0.2, 0.25) is 0 Å². The first-order chi connectivity index (χ1) is 11.0. The third kappa shape index (κ3) is 5.22. The number of amides is 2. The van der Waals surface area contributed by atoms with Crippen molar-refractivity contribution in [1.82, 2.24) is 5.32 Å². The summed E-state index contributed by atoms with van der Waals surface area (Å²) in [5.74, 6) is -0.143. The van der Waals surface area contributed by atoms with Gasteiger partial charge in [-0.1, -0.05) is 36.6 Å². The van der Waals surface area contributed by atoms with E-state index in [9.17, 15) is 9.59 Å². The molecule has 3 N–H and O–H groups in total. The lowest BCUT2D eigenvalue weighted by Gasteiger charge is -2.22. The Labute approximate surface area is 142 Å². The standard InChI is InChI=1S/C17H24ClN3O2/c1-12(17(23)19-13-7-3-4-8-13)21(2)11-16(22)20-15-10-6-5-9-14(15)18/h5-6,9-10,12-13H,3-4,7-8,11H2,1-2H3,(H,19,23)(H,20,22)/p+1/t12-/m0/s1. The Bertz CT molecular complexity index is 559. The predicted octanol–water partition coefficient (Wildman–Crippen LogP) is 1.24. The zero-order chi connectivity index (χ0) is 16.8. The quantitative estimate of drug-likeness (QED) is 0.731. The van der Waals surface area contributed by atoms with Gasteiger partial charge in [-0.25, -0.2) is 0 Å². The molecule has 0 radical (unpaired) electrons. The van der Waals surface area contributed by atoms with E-state index in [-0.39, 0.29) is 24.4 Å². The summed E-state index contributed by atoms with van der Waals surface area (Å²) in [6, 6.07) is 7.14. The number of likely N-dealkylation sites (N-methyl/N-ethyl adjacent to an activating group) is 1. The van der Waals surface area contributed by atoms with Gasteiger partial charge in [0.05, 0.1) is 17.8 Å². The minimum atomic E-state index is -0.271. The Kier molecular flexibility index (Phi) is 6.42. The van der Waals surface area contributed by atoms with Crippen molar-refractivity contribution in [2.75, 3.05) is 18.9 Å². The minimum absolute atomic E-state index is 0.0138. The second-order valence-corrected chi connectivity index (χ2v) is 6.67. The van der Waals surface area contributed by atoms with Crippen molar-refractivity contribution in [2.24, 2.45) is 0 Å². The maximum Gasteiger partial charge on any atom is 0.279 e. The fourth-order valence-electron chi connectivity index (χ4n) is 2.78. The van der Waals surface area contributed by atoms with Crippen LogP contribution < -0.4 is 15.5 Å². The molecule has 1 aliphatic carbocycles. The van der Waals surface area contributed by atoms with Gasteiger partial charge in [-0.15, -0.1) is 0 Å². The Morgan fingerprint density at radius 3 is 2.61 bits per heavy atom. The number of para-hydroxylation sites is 1. The first-order valence-corrected chi connectivity index (χ1v) is 8.52. The molecule has 1 fully saturated rings. The topological polar surface area (TPSA) is 62.6 Å². The van der Waals surface area contributed by atoms with Crippen molar-refractivity contribution in [1.29, 1.82) is 0 Å². The number of nitrogens with one attached hydrogen (secondary N) is 3. The highest BCUT2D eigenvalue weighted by atomic mass is 35.5. The normalized spacial score (nSPS) is 17.5. The monoisotopic (exact) mass is 338 g/mol. The molecule has 1 saturated carbocycles. The second kappa shape index (κ2) is 8.31. The number of benzene rings is 1. The molecule has 0 saturated heterocycles. The van der Waals surface area contributed by atoms with Crippen LogP contribution in [0.1, 0.15) is 32.6 Å². The van der Waals surface area contributed by atoms with E-state index < -0.39 is 0 Å². The van der Waals surface area contributed by atoms with Crippen LogP contribution in [-0.4, -0.2) is 37.5 Å². The van der Waals surface area contributed by atoms with Gasteiger partial charge >= 0.3 is 0 Å². The van der Waals surface area contributed by atoms with Gasteiger partial charge in [-0.2, -0.15) is 0 Å². The zero-order valence-corrected chi connectivity index (χ0v) is 14.5. The van der Waals surface area contributed by atoms with Crippen molar-refractivity contribution in [2.45, 2.75) is 44.7 Å². The summed E-state index contributed by atoms with van der Waals surface area (Å²) >= 11 is 6.03. The molecule has 5 nitrogen and oxygen atoms in total. The van der Waals surface area contributed by atoms with Gasteiger partial charge in [-0.3, -0.25) is 9.59 Å². The van der Waals surface area contributed by atoms with Gasteiger partial charge < -0.3 is 15.5 Å². The molecule has 0 bridgehead atoms. The van der Waals surface area contributed by atoms with E-state index in [1.54, 1.807) is 12.1 Å². The molecule has 0 aliphatic heterocycles. The number of hydrogen-bond donors (Lipinski definition) is 3. The summed E-state index contributed by atoms with van der Waals surface area (Å²) in [6.07, 6.45) is 4.49. The fraction of sp³-hybridized carbons (Fsp3) is 0.529. The molecule has 1 unspecified atom stereocenters. The van der Waals surface area contributed by atoms with Crippen molar-refractivity contribution in [3.05, 3.63) is 29.3 Å². The highest BCUT2D eigenvalue weighted by Crippen LogP contribution is 2.20. The van der Waals surface area contributed by atoms with Gasteiger partial charge in [0.25, 0.3) is 11.8 Å². The lowest BCUT2D eigenvalue weighted by atomic mass is 10.2. The molecule has 2 rings (SSSR count). The second-order valence-electron chi connectivity index (χ2n) is 6.26. The molecule has 6 heteroatoms. The molecule has 23 heavy (non-hydrogen) atoms. The number of hydrogen-bond acceptors (Lipinski definition) is 2. The predicted molar refractivity (Wildman–Crippen MR) is 91.7 cm³/mol. The van der Waals surface area contributed by atoms with E-state index in [1.165, 1.54) is 12.8 Å². The van der Waals surface area contributed by atoms with Crippen LogP contribution in [-0.2, 0) is 9.59 Å². The highest BCUT2D eigenvalue weighted by Gasteiger charge is 2.27. The van der Waals surface area contributed by atoms with Crippen molar-refractivity contribution >= 4 is 29.1 Å². The maximum absolute atomic E-state index is 12.2. The Hall–Kier alpha value is -1.59. The van der Waals surface area contributed by atoms with Gasteiger partial charge in [0.1, 0.15) is 0 Å². The average Bonchev–Trinajstić information content (AvgIpc) is 3.01. The molecule has 0 aromatic heterocycles. The number of halogens is 1. The largest absolute Gasteiger partial charge is 0.348 e. The van der Waals surface area contributed by atoms with Crippen molar-refractivity contribution < 1.29 is 14.5 Å². The first-order valence-electron chi connectivity index (χ1n) is 8.14. The van der Waals surface area contributed by atoms with Gasteiger partial charge in [-0.05, 0) is 31.9 Å². The Morgan fingerprint density at radius 1 is 1.30 bits per heavy atom. The minimum Gasteiger partial charge on any atom is -0.348 e. The third-order valence-corrected chi connectivity index (χ3v) is 4.75. The fourth-order valence-corrected chi connectivity index (χ4v) is 2.97. The van der Waals surface area contributed by atoms with E-state index in [0.717, 1.165) is 17.7 Å². The van der Waals surface area contributed by atoms with E-state index in [1.807, 2.05) is 26.1 Å². The van der Waals surface area contributed by atoms with Gasteiger partial charge in [0.15, 0.2) is 12.6 Å². The van der Waals surface area contributed by atoms with Crippen LogP contribution in [0, 0.1) is 0 Å². The third-order valence-electron chi connectivity index (χ3n) is 4.42. The van der Waals surface area contributed by atoms with E-state index in [2.05, 4.69) is 10.6 Å². The summed E-state index contributed by atoms with van der Waals surface area (Å²) < 4.78 is 0. The van der Waals surface area contributed by atoms with Crippen LogP contribution >= 0.6 is 11.6 Å². The lowest BCUT2D eigenvalue weighted by molar-refractivity contribution is -0.885. The highest BCUT2D eigenvalue weighted by molar-refractivity contribution is 6.33. The van der Waals surface area contributed by atoms with Crippen LogP contribution in [0.15, 0.2) is 24.3 Å². The number of carbonyl (C=O) groups excluding carboxylic acids is 2. The van der Waals surface area contributed by atoms with E-state index in [0.29, 0.717) is 16.8 Å². The van der Waals surface area contributed by atoms with Crippen molar-refractivity contribution in [3.8, 4) is 0 Å². The maximum atomic E-state index is 12.2. The van der Waals surface area contributed by atoms with Crippen LogP contribution in [0.4, 0.5) is 5.69 Å². The summed E-state index contributed by atoms with van der Waals surface area (Å²) in [4.78, 5) is 25.2. The van der Waals surface area contributed by atoms with E-state index in [4.69, 9.17) is 11.6 Å². The first kappa shape index (κ1) is 17.8. The zero-order valence-electron chi connectivity index (χ0n) is 13.7. The SMILES string of the molecule is C[C@@H](C(=O)NC1CCCC1)[NH+](C)CC(=O)Nc1ccccc1Cl. The molecular formula is C17H25ClN3O2+. The van der Waals surface area contributed by atoms with Crippen LogP contribution in [0.25, 0.3) is 0 Å². The molecule has 2 atom stereocenters. The molecule has 1 aromatic carbocycles. The number of carbonyl (C=O) groups is 2. The summed E-state index contributed by atoms with van der Waals surface area (Å²) in [7, 11) is 1.85.